The Morgan fingerprint density at radius 1 is 0.429 bits per heavy atom. The summed E-state index contributed by atoms with van der Waals surface area (Å²) in [6.45, 7) is 24.9. The van der Waals surface area contributed by atoms with E-state index in [1.54, 1.807) is 0 Å². The first-order chi connectivity index (χ1) is 29.4. The van der Waals surface area contributed by atoms with Gasteiger partial charge in [0.15, 0.2) is 0 Å². The molecule has 0 spiro atoms. The largest absolute Gasteiger partial charge is 0.381 e. The molecule has 0 N–H and O–H groups in total. The first-order valence-corrected chi connectivity index (χ1v) is 23.6. The number of hydrogen-bond acceptors (Lipinski definition) is 11. The van der Waals surface area contributed by atoms with E-state index in [2.05, 4.69) is 0 Å². The zero-order valence-electron chi connectivity index (χ0n) is 40.8. The van der Waals surface area contributed by atoms with Crippen LogP contribution in [0.2, 0.25) is 0 Å². The number of Topliss-reactive ketones (excluding diaryl/α,β-unsaturated/α-hetero) is 4. The van der Waals surface area contributed by atoms with Crippen molar-refractivity contribution < 1.29 is 52.7 Å². The monoisotopic (exact) mass is 888 g/mol. The van der Waals surface area contributed by atoms with E-state index in [1.165, 1.54) is 14.7 Å². The second kappa shape index (κ2) is 28.8. The summed E-state index contributed by atoms with van der Waals surface area (Å²) in [6, 6.07) is 0. The van der Waals surface area contributed by atoms with Crippen LogP contribution in [0.4, 0.5) is 0 Å². The van der Waals surface area contributed by atoms with Gasteiger partial charge >= 0.3 is 0 Å². The Labute approximate surface area is 377 Å². The smallest absolute Gasteiger partial charge is 0.233 e. The fraction of sp³-hybridized carbons (Fsp3) is 0.796. The van der Waals surface area contributed by atoms with E-state index in [9.17, 15) is 47.9 Å². The summed E-state index contributed by atoms with van der Waals surface area (Å²) >= 11 is 0. The standard InChI is InChI=1S/C19H31NO5.C16H27NO3.C14H23NO3/c1-13(2)16-12-18(23)20(19(16)24)9-7-15(21)6-5-10-25-11-8-17(22)14(3)4;1-11(2)13-10-15(19)17(16(13)20)9-7-5-6-8-14(18)12(3)4;1-9(2)11-8-13(17)15(14(11)18)7-5-6-12(16)10(3)4/h13-14,16H,5-12H2,1-4H3;11-13H,5-10H2,1-4H3;9-11H,5-8H2,1-4H3. The van der Waals surface area contributed by atoms with E-state index in [4.69, 9.17) is 4.74 Å². The molecule has 3 aliphatic rings. The second-order valence-electron chi connectivity index (χ2n) is 19.3. The molecule has 3 saturated heterocycles. The normalized spacial score (nSPS) is 19.1. The van der Waals surface area contributed by atoms with Gasteiger partial charge in [0.2, 0.25) is 35.4 Å². The molecule has 3 fully saturated rings. The van der Waals surface area contributed by atoms with E-state index in [0.717, 1.165) is 19.3 Å². The molecule has 14 nitrogen and oxygen atoms in total. The van der Waals surface area contributed by atoms with Crippen molar-refractivity contribution in [3.8, 4) is 0 Å². The minimum Gasteiger partial charge on any atom is -0.381 e. The van der Waals surface area contributed by atoms with Crippen LogP contribution in [0.25, 0.3) is 0 Å². The van der Waals surface area contributed by atoms with E-state index >= 15 is 0 Å². The highest BCUT2D eigenvalue weighted by Crippen LogP contribution is 2.29. The molecule has 3 atom stereocenters. The van der Waals surface area contributed by atoms with Crippen LogP contribution < -0.4 is 0 Å². The molecule has 358 valence electrons. The molecule has 0 radical (unpaired) electrons. The molecule has 0 saturated carbocycles. The third-order valence-corrected chi connectivity index (χ3v) is 12.1. The van der Waals surface area contributed by atoms with Gasteiger partial charge in [0.25, 0.3) is 0 Å². The van der Waals surface area contributed by atoms with Crippen LogP contribution in [0, 0.1) is 53.3 Å². The Balaban J connectivity index is 0.000000480. The number of unbranched alkanes of at least 4 members (excludes halogenated alkanes) is 2. The Morgan fingerprint density at radius 3 is 1.17 bits per heavy atom. The fourth-order valence-electron chi connectivity index (χ4n) is 7.42. The number of ether oxygens (including phenoxy) is 1. The van der Waals surface area contributed by atoms with Crippen LogP contribution in [-0.2, 0) is 52.7 Å². The summed E-state index contributed by atoms with van der Waals surface area (Å²) in [6.07, 6.45) is 6.68. The summed E-state index contributed by atoms with van der Waals surface area (Å²) in [7, 11) is 0. The van der Waals surface area contributed by atoms with E-state index in [1.807, 2.05) is 83.1 Å². The van der Waals surface area contributed by atoms with Crippen molar-refractivity contribution in [2.75, 3.05) is 32.8 Å². The maximum Gasteiger partial charge on any atom is 0.233 e. The molecule has 0 bridgehead atoms. The predicted octanol–water partition coefficient (Wildman–Crippen LogP) is 7.21. The van der Waals surface area contributed by atoms with Gasteiger partial charge in [0.05, 0.1) is 6.61 Å². The number of amides is 6. The molecule has 0 aromatic rings. The van der Waals surface area contributed by atoms with Crippen LogP contribution in [0.15, 0.2) is 0 Å². The maximum atomic E-state index is 12.2. The van der Waals surface area contributed by atoms with Gasteiger partial charge in [-0.25, -0.2) is 0 Å². The van der Waals surface area contributed by atoms with Crippen LogP contribution in [0.1, 0.15) is 167 Å². The van der Waals surface area contributed by atoms with Gasteiger partial charge in [-0.2, -0.15) is 0 Å². The van der Waals surface area contributed by atoms with Gasteiger partial charge in [-0.1, -0.05) is 89.5 Å². The summed E-state index contributed by atoms with van der Waals surface area (Å²) in [4.78, 5) is 122. The van der Waals surface area contributed by atoms with Crippen molar-refractivity contribution in [2.45, 2.75) is 167 Å². The van der Waals surface area contributed by atoms with Crippen molar-refractivity contribution >= 4 is 58.6 Å². The van der Waals surface area contributed by atoms with Crippen LogP contribution >= 0.6 is 0 Å². The highest BCUT2D eigenvalue weighted by atomic mass is 16.5. The van der Waals surface area contributed by atoms with Gasteiger partial charge in [0, 0.05) is 113 Å². The first-order valence-electron chi connectivity index (χ1n) is 23.6. The third-order valence-electron chi connectivity index (χ3n) is 12.1. The van der Waals surface area contributed by atoms with Gasteiger partial charge in [-0.15, -0.1) is 0 Å². The highest BCUT2D eigenvalue weighted by molar-refractivity contribution is 6.05. The van der Waals surface area contributed by atoms with Crippen molar-refractivity contribution in [1.29, 1.82) is 0 Å². The molecule has 0 aromatic carbocycles. The zero-order valence-corrected chi connectivity index (χ0v) is 40.8. The number of carbonyl (C=O) groups is 10. The number of hydrogen-bond donors (Lipinski definition) is 0. The Hall–Kier alpha value is -3.94. The fourth-order valence-corrected chi connectivity index (χ4v) is 7.42. The molecule has 3 rings (SSSR count). The predicted molar refractivity (Wildman–Crippen MR) is 241 cm³/mol. The maximum absolute atomic E-state index is 12.2. The highest BCUT2D eigenvalue weighted by Gasteiger charge is 2.41. The van der Waals surface area contributed by atoms with E-state index in [-0.39, 0.29) is 131 Å². The average Bonchev–Trinajstić information content (AvgIpc) is 3.78. The zero-order chi connectivity index (χ0) is 48.1. The van der Waals surface area contributed by atoms with Crippen molar-refractivity contribution in [3.05, 3.63) is 0 Å². The molecule has 3 unspecified atom stereocenters. The minimum absolute atomic E-state index is 0.0109. The molecule has 63 heavy (non-hydrogen) atoms. The number of imide groups is 3. The lowest BCUT2D eigenvalue weighted by molar-refractivity contribution is -0.141. The number of nitrogens with zero attached hydrogens (tertiary/aromatic N) is 3. The summed E-state index contributed by atoms with van der Waals surface area (Å²) in [5.41, 5.74) is 0. The molecular weight excluding hydrogens is 807 g/mol. The van der Waals surface area contributed by atoms with E-state index in [0.29, 0.717) is 77.7 Å². The molecule has 0 aliphatic carbocycles. The molecular formula is C49H81N3O11. The average molecular weight is 888 g/mol. The van der Waals surface area contributed by atoms with E-state index < -0.39 is 0 Å². The number of likely N-dealkylation sites (tertiary alicyclic amines) is 3. The summed E-state index contributed by atoms with van der Waals surface area (Å²) < 4.78 is 5.37. The lowest BCUT2D eigenvalue weighted by Gasteiger charge is -2.16. The van der Waals surface area contributed by atoms with Gasteiger partial charge in [0.1, 0.15) is 23.1 Å². The van der Waals surface area contributed by atoms with Crippen molar-refractivity contribution in [2.24, 2.45) is 53.3 Å². The topological polar surface area (TPSA) is 190 Å². The van der Waals surface area contributed by atoms with Gasteiger partial charge < -0.3 is 4.74 Å². The number of ketones is 4. The summed E-state index contributed by atoms with van der Waals surface area (Å²) in [5.74, 6) is 0.324. The Kier molecular flexibility index (Phi) is 26.1. The first kappa shape index (κ1) is 57.1. The lowest BCUT2D eigenvalue weighted by Crippen LogP contribution is -2.33. The minimum atomic E-state index is -0.246. The quantitative estimate of drug-likeness (QED) is 0.0630. The third kappa shape index (κ3) is 19.8. The molecule has 6 amide bonds. The van der Waals surface area contributed by atoms with Gasteiger partial charge in [-0.05, 0) is 43.4 Å². The number of carbonyl (C=O) groups excluding carboxylic acids is 10. The van der Waals surface area contributed by atoms with Crippen LogP contribution in [-0.4, -0.2) is 106 Å². The SMILES string of the molecule is CC(C)C(=O)CCCCCN1C(=O)CC(C(C)C)C1=O.CC(C)C(=O)CCCN1C(=O)CC(C(C)C)C1=O.CC(C)C(=O)CCOCCCC(=O)CCN1C(=O)CC(C(C)C)C1=O. The summed E-state index contributed by atoms with van der Waals surface area (Å²) in [5, 5.41) is 0. The molecule has 3 heterocycles. The van der Waals surface area contributed by atoms with Crippen LogP contribution in [0.3, 0.4) is 0 Å². The molecule has 3 aliphatic heterocycles. The lowest BCUT2D eigenvalue weighted by atomic mass is 9.94. The Morgan fingerprint density at radius 2 is 0.794 bits per heavy atom. The second-order valence-corrected chi connectivity index (χ2v) is 19.3. The van der Waals surface area contributed by atoms with Crippen LogP contribution in [0.5, 0.6) is 0 Å². The van der Waals surface area contributed by atoms with Crippen molar-refractivity contribution in [1.82, 2.24) is 14.7 Å². The number of rotatable bonds is 26. The molecule has 14 heteroatoms. The van der Waals surface area contributed by atoms with Gasteiger partial charge in [-0.3, -0.25) is 62.6 Å². The Bertz CT molecular complexity index is 1580. The molecule has 0 aromatic heterocycles. The van der Waals surface area contributed by atoms with Crippen molar-refractivity contribution in [3.63, 3.8) is 0 Å².